The van der Waals surface area contributed by atoms with E-state index in [4.69, 9.17) is 5.26 Å². The molecule has 0 aliphatic carbocycles. The van der Waals surface area contributed by atoms with Crippen LogP contribution in [-0.4, -0.2) is 17.4 Å². The molecule has 0 aromatic heterocycles. The molecule has 0 heterocycles. The van der Waals surface area contributed by atoms with Crippen LogP contribution in [0.2, 0.25) is 0 Å². The van der Waals surface area contributed by atoms with Gasteiger partial charge in [0.15, 0.2) is 6.19 Å². The van der Waals surface area contributed by atoms with Crippen molar-refractivity contribution >= 4 is 5.91 Å². The van der Waals surface area contributed by atoms with Crippen LogP contribution in [0, 0.1) is 11.5 Å². The van der Waals surface area contributed by atoms with Gasteiger partial charge in [-0.2, -0.15) is 5.26 Å². The molecule has 0 spiro atoms. The highest BCUT2D eigenvalue weighted by atomic mass is 16.2. The Morgan fingerprint density at radius 3 is 2.75 bits per heavy atom. The lowest BCUT2D eigenvalue weighted by atomic mass is 10.2. The van der Waals surface area contributed by atoms with Gasteiger partial charge in [-0.1, -0.05) is 26.3 Å². The van der Waals surface area contributed by atoms with Gasteiger partial charge in [-0.25, -0.2) is 4.90 Å². The molecular weight excluding hydrogens is 152 g/mol. The standard InChI is InChI=1S/C9H14N2O/c1-3-5-6-7-11(8-10)9(12)4-2/h4H,2-3,5-7H2,1H3. The molecule has 3 heteroatoms. The number of carbonyl (C=O) groups excluding carboxylic acids is 1. The number of hydrogen-bond acceptors (Lipinski definition) is 2. The highest BCUT2D eigenvalue weighted by Crippen LogP contribution is 1.97. The molecule has 0 saturated carbocycles. The summed E-state index contributed by atoms with van der Waals surface area (Å²) in [6, 6.07) is 0. The Labute approximate surface area is 73.3 Å². The first-order chi connectivity index (χ1) is 5.76. The van der Waals surface area contributed by atoms with E-state index in [1.165, 1.54) is 0 Å². The lowest BCUT2D eigenvalue weighted by Gasteiger charge is -2.09. The van der Waals surface area contributed by atoms with Gasteiger partial charge in [-0.3, -0.25) is 4.79 Å². The lowest BCUT2D eigenvalue weighted by molar-refractivity contribution is -0.123. The number of unbranched alkanes of at least 4 members (excludes halogenated alkanes) is 2. The molecule has 0 aliphatic rings. The number of nitriles is 1. The second-order valence-electron chi connectivity index (χ2n) is 2.50. The third-order valence-electron chi connectivity index (χ3n) is 1.55. The summed E-state index contributed by atoms with van der Waals surface area (Å²) in [5.41, 5.74) is 0. The SMILES string of the molecule is C=CC(=O)N(C#N)CCCCC. The molecule has 0 unspecified atom stereocenters. The highest BCUT2D eigenvalue weighted by molar-refractivity contribution is 5.88. The number of amides is 1. The fraction of sp³-hybridized carbons (Fsp3) is 0.556. The van der Waals surface area contributed by atoms with Crippen LogP contribution in [0.3, 0.4) is 0 Å². The van der Waals surface area contributed by atoms with Gasteiger partial charge in [-0.05, 0) is 12.5 Å². The summed E-state index contributed by atoms with van der Waals surface area (Å²) in [6.45, 7) is 5.90. The summed E-state index contributed by atoms with van der Waals surface area (Å²) in [5.74, 6) is -0.311. The summed E-state index contributed by atoms with van der Waals surface area (Å²) in [4.78, 5) is 12.1. The fourth-order valence-corrected chi connectivity index (χ4v) is 0.840. The van der Waals surface area contributed by atoms with Crippen LogP contribution in [-0.2, 0) is 4.79 Å². The van der Waals surface area contributed by atoms with Crippen LogP contribution >= 0.6 is 0 Å². The number of carbonyl (C=O) groups is 1. The Hall–Kier alpha value is -1.30. The van der Waals surface area contributed by atoms with E-state index < -0.39 is 0 Å². The molecule has 0 atom stereocenters. The third kappa shape index (κ3) is 3.77. The number of nitrogens with zero attached hydrogens (tertiary/aromatic N) is 2. The average molecular weight is 166 g/mol. The van der Waals surface area contributed by atoms with E-state index in [-0.39, 0.29) is 5.91 Å². The first-order valence-electron chi connectivity index (χ1n) is 4.10. The van der Waals surface area contributed by atoms with Crippen LogP contribution in [0.1, 0.15) is 26.2 Å². The van der Waals surface area contributed by atoms with E-state index in [9.17, 15) is 4.79 Å². The Kier molecular flexibility index (Phi) is 5.72. The third-order valence-corrected chi connectivity index (χ3v) is 1.55. The van der Waals surface area contributed by atoms with Crippen LogP contribution in [0.25, 0.3) is 0 Å². The quantitative estimate of drug-likeness (QED) is 0.270. The predicted molar refractivity (Wildman–Crippen MR) is 47.0 cm³/mol. The minimum absolute atomic E-state index is 0.311. The summed E-state index contributed by atoms with van der Waals surface area (Å²) in [6.07, 6.45) is 5.99. The van der Waals surface area contributed by atoms with E-state index in [0.29, 0.717) is 6.54 Å². The van der Waals surface area contributed by atoms with Crippen molar-refractivity contribution < 1.29 is 4.79 Å². The maximum atomic E-state index is 10.9. The summed E-state index contributed by atoms with van der Waals surface area (Å²) in [5, 5.41) is 8.53. The summed E-state index contributed by atoms with van der Waals surface area (Å²) < 4.78 is 0. The molecule has 3 nitrogen and oxygen atoms in total. The summed E-state index contributed by atoms with van der Waals surface area (Å²) >= 11 is 0. The van der Waals surface area contributed by atoms with Gasteiger partial charge in [0.05, 0.1) is 0 Å². The zero-order chi connectivity index (χ0) is 9.40. The first kappa shape index (κ1) is 10.7. The zero-order valence-corrected chi connectivity index (χ0v) is 7.42. The molecule has 66 valence electrons. The van der Waals surface area contributed by atoms with Crippen molar-refractivity contribution in [3.8, 4) is 6.19 Å². The van der Waals surface area contributed by atoms with Crippen molar-refractivity contribution in [3.63, 3.8) is 0 Å². The van der Waals surface area contributed by atoms with E-state index in [0.717, 1.165) is 30.2 Å². The van der Waals surface area contributed by atoms with E-state index >= 15 is 0 Å². The molecule has 0 N–H and O–H groups in total. The summed E-state index contributed by atoms with van der Waals surface area (Å²) in [7, 11) is 0. The molecule has 0 aromatic rings. The lowest BCUT2D eigenvalue weighted by Crippen LogP contribution is -2.24. The average Bonchev–Trinajstić information content (AvgIpc) is 2.11. The molecule has 0 fully saturated rings. The Balaban J connectivity index is 3.77. The topological polar surface area (TPSA) is 44.1 Å². The number of rotatable bonds is 5. The van der Waals surface area contributed by atoms with E-state index in [2.05, 4.69) is 13.5 Å². The van der Waals surface area contributed by atoms with Crippen LogP contribution in [0.4, 0.5) is 0 Å². The second-order valence-corrected chi connectivity index (χ2v) is 2.50. The maximum Gasteiger partial charge on any atom is 0.258 e. The van der Waals surface area contributed by atoms with Gasteiger partial charge >= 0.3 is 0 Å². The van der Waals surface area contributed by atoms with Gasteiger partial charge in [0.25, 0.3) is 5.91 Å². The molecule has 0 aromatic carbocycles. The van der Waals surface area contributed by atoms with Gasteiger partial charge in [0.1, 0.15) is 0 Å². The zero-order valence-electron chi connectivity index (χ0n) is 7.42. The molecule has 0 aliphatic heterocycles. The van der Waals surface area contributed by atoms with Crippen molar-refractivity contribution in [2.75, 3.05) is 6.54 Å². The first-order valence-corrected chi connectivity index (χ1v) is 4.10. The smallest absolute Gasteiger partial charge is 0.258 e. The Morgan fingerprint density at radius 2 is 2.33 bits per heavy atom. The van der Waals surface area contributed by atoms with Crippen LogP contribution in [0.5, 0.6) is 0 Å². The van der Waals surface area contributed by atoms with Crippen molar-refractivity contribution in [3.05, 3.63) is 12.7 Å². The van der Waals surface area contributed by atoms with Gasteiger partial charge in [0, 0.05) is 6.54 Å². The number of hydrogen-bond donors (Lipinski definition) is 0. The van der Waals surface area contributed by atoms with Crippen molar-refractivity contribution in [2.45, 2.75) is 26.2 Å². The molecule has 0 saturated heterocycles. The molecule has 0 rings (SSSR count). The van der Waals surface area contributed by atoms with Gasteiger partial charge < -0.3 is 0 Å². The van der Waals surface area contributed by atoms with Crippen LogP contribution in [0.15, 0.2) is 12.7 Å². The minimum Gasteiger partial charge on any atom is -0.269 e. The van der Waals surface area contributed by atoms with Crippen molar-refractivity contribution in [2.24, 2.45) is 0 Å². The largest absolute Gasteiger partial charge is 0.269 e. The van der Waals surface area contributed by atoms with Crippen molar-refractivity contribution in [1.29, 1.82) is 5.26 Å². The Morgan fingerprint density at radius 1 is 1.67 bits per heavy atom. The van der Waals surface area contributed by atoms with Crippen molar-refractivity contribution in [1.82, 2.24) is 4.90 Å². The molecule has 1 amide bonds. The fourth-order valence-electron chi connectivity index (χ4n) is 0.840. The minimum atomic E-state index is -0.311. The van der Waals surface area contributed by atoms with E-state index in [1.807, 2.05) is 6.19 Å². The predicted octanol–water partition coefficient (Wildman–Crippen LogP) is 1.67. The van der Waals surface area contributed by atoms with Gasteiger partial charge in [0.2, 0.25) is 0 Å². The van der Waals surface area contributed by atoms with Crippen LogP contribution < -0.4 is 0 Å². The Bertz CT molecular complexity index is 193. The monoisotopic (exact) mass is 166 g/mol. The van der Waals surface area contributed by atoms with Gasteiger partial charge in [-0.15, -0.1) is 0 Å². The van der Waals surface area contributed by atoms with E-state index in [1.54, 1.807) is 0 Å². The maximum absolute atomic E-state index is 10.9. The highest BCUT2D eigenvalue weighted by Gasteiger charge is 2.06. The molecule has 0 bridgehead atoms. The molecular formula is C9H14N2O. The normalized spacial score (nSPS) is 8.67. The molecule has 0 radical (unpaired) electrons. The second kappa shape index (κ2) is 6.41. The molecule has 12 heavy (non-hydrogen) atoms.